The van der Waals surface area contributed by atoms with E-state index in [4.69, 9.17) is 12.2 Å². The van der Waals surface area contributed by atoms with Crippen LogP contribution in [-0.4, -0.2) is 28.9 Å². The molecule has 0 aromatic carbocycles. The molecule has 1 saturated heterocycles. The summed E-state index contributed by atoms with van der Waals surface area (Å²) in [5.41, 5.74) is 2.70. The number of nitrogens with zero attached hydrogens (tertiary/aromatic N) is 1. The van der Waals surface area contributed by atoms with E-state index in [0.717, 1.165) is 25.9 Å². The van der Waals surface area contributed by atoms with Crippen LogP contribution in [0.15, 0.2) is 0 Å². The van der Waals surface area contributed by atoms with Crippen LogP contribution in [0.25, 0.3) is 0 Å². The van der Waals surface area contributed by atoms with E-state index in [9.17, 15) is 4.79 Å². The zero-order valence-electron chi connectivity index (χ0n) is 7.88. The summed E-state index contributed by atoms with van der Waals surface area (Å²) < 4.78 is 0. The minimum atomic E-state index is 0.240. The Labute approximate surface area is 83.4 Å². The fourth-order valence-electron chi connectivity index (χ4n) is 1.60. The Bertz CT molecular complexity index is 211. The molecular formula is C8H16N3OS+. The Hall–Kier alpha value is -0.680. The number of nitrogens with one attached hydrogen (secondary N) is 1. The second kappa shape index (κ2) is 4.53. The summed E-state index contributed by atoms with van der Waals surface area (Å²) in [6.07, 6.45) is 1.83. The van der Waals surface area contributed by atoms with Crippen LogP contribution in [0, 0.1) is 5.92 Å². The second-order valence-corrected chi connectivity index (χ2v) is 3.74. The van der Waals surface area contributed by atoms with Gasteiger partial charge in [0.25, 0.3) is 0 Å². The van der Waals surface area contributed by atoms with E-state index >= 15 is 0 Å². The van der Waals surface area contributed by atoms with Crippen molar-refractivity contribution < 1.29 is 10.6 Å². The molecule has 0 spiro atoms. The topological polar surface area (TPSA) is 60.0 Å². The molecular weight excluding hydrogens is 186 g/mol. The van der Waals surface area contributed by atoms with Gasteiger partial charge in [-0.15, -0.1) is 0 Å². The molecule has 74 valence electrons. The van der Waals surface area contributed by atoms with E-state index in [1.165, 1.54) is 0 Å². The third-order valence-corrected chi connectivity index (χ3v) is 2.91. The van der Waals surface area contributed by atoms with Gasteiger partial charge in [0.05, 0.1) is 0 Å². The van der Waals surface area contributed by atoms with Crippen molar-refractivity contribution in [3.63, 3.8) is 0 Å². The first-order valence-corrected chi connectivity index (χ1v) is 4.88. The van der Waals surface area contributed by atoms with E-state index in [2.05, 4.69) is 16.2 Å². The van der Waals surface area contributed by atoms with Gasteiger partial charge in [0, 0.05) is 19.0 Å². The Morgan fingerprint density at radius 3 is 2.46 bits per heavy atom. The number of rotatable bonds is 1. The Kier molecular flexibility index (Phi) is 3.62. The van der Waals surface area contributed by atoms with Gasteiger partial charge < -0.3 is 4.90 Å². The molecule has 0 amide bonds. The molecule has 13 heavy (non-hydrogen) atoms. The monoisotopic (exact) mass is 202 g/mol. The van der Waals surface area contributed by atoms with Crippen molar-refractivity contribution in [3.8, 4) is 0 Å². The lowest BCUT2D eigenvalue weighted by Crippen LogP contribution is -2.70. The number of quaternary nitrogens is 1. The number of hydrogen-bond donors (Lipinski definition) is 2. The van der Waals surface area contributed by atoms with Crippen LogP contribution >= 0.6 is 12.2 Å². The molecule has 0 aromatic rings. The van der Waals surface area contributed by atoms with E-state index in [1.807, 2.05) is 0 Å². The Morgan fingerprint density at radius 1 is 1.54 bits per heavy atom. The van der Waals surface area contributed by atoms with Crippen molar-refractivity contribution in [2.24, 2.45) is 5.92 Å². The summed E-state index contributed by atoms with van der Waals surface area (Å²) >= 11 is 5.05. The van der Waals surface area contributed by atoms with Crippen LogP contribution in [0.2, 0.25) is 0 Å². The maximum absolute atomic E-state index is 11.1. The minimum Gasteiger partial charge on any atom is -0.345 e. The van der Waals surface area contributed by atoms with Crippen molar-refractivity contribution in [1.82, 2.24) is 10.3 Å². The molecule has 0 radical (unpaired) electrons. The van der Waals surface area contributed by atoms with Crippen molar-refractivity contribution in [1.29, 1.82) is 0 Å². The highest BCUT2D eigenvalue weighted by atomic mass is 32.1. The van der Waals surface area contributed by atoms with Crippen molar-refractivity contribution in [2.75, 3.05) is 13.1 Å². The van der Waals surface area contributed by atoms with Crippen LogP contribution in [-0.2, 0) is 4.79 Å². The number of Topliss-reactive ketones (excluding diaryl/α,β-unsaturated/α-hetero) is 1. The first-order chi connectivity index (χ1) is 6.15. The van der Waals surface area contributed by atoms with Gasteiger partial charge in [-0.1, -0.05) is 0 Å². The molecule has 1 heterocycles. The fraction of sp³-hybridized carbons (Fsp3) is 0.750. The normalized spacial score (nSPS) is 18.5. The average molecular weight is 202 g/mol. The molecule has 0 bridgehead atoms. The zero-order valence-corrected chi connectivity index (χ0v) is 8.69. The Morgan fingerprint density at radius 2 is 2.08 bits per heavy atom. The number of ketones is 1. The third kappa shape index (κ3) is 2.63. The molecule has 1 aliphatic heterocycles. The highest BCUT2D eigenvalue weighted by Gasteiger charge is 2.23. The number of hydrogen-bond acceptors (Lipinski definition) is 2. The predicted molar refractivity (Wildman–Crippen MR) is 53.6 cm³/mol. The van der Waals surface area contributed by atoms with Gasteiger partial charge >= 0.3 is 0 Å². The van der Waals surface area contributed by atoms with Crippen LogP contribution < -0.4 is 11.3 Å². The lowest BCUT2D eigenvalue weighted by atomic mass is 9.94. The summed E-state index contributed by atoms with van der Waals surface area (Å²) in [4.78, 5) is 13.1. The predicted octanol–water partition coefficient (Wildman–Crippen LogP) is -0.681. The number of thiocarbonyl (C=S) groups is 1. The second-order valence-electron chi connectivity index (χ2n) is 3.35. The van der Waals surface area contributed by atoms with E-state index in [1.54, 1.807) is 6.92 Å². The van der Waals surface area contributed by atoms with Gasteiger partial charge in [0.15, 0.2) is 0 Å². The van der Waals surface area contributed by atoms with Crippen molar-refractivity contribution in [2.45, 2.75) is 19.8 Å². The summed E-state index contributed by atoms with van der Waals surface area (Å²) in [7, 11) is 0. The van der Waals surface area contributed by atoms with Crippen molar-refractivity contribution in [3.05, 3.63) is 0 Å². The fourth-order valence-corrected chi connectivity index (χ4v) is 1.78. The third-order valence-electron chi connectivity index (χ3n) is 2.51. The van der Waals surface area contributed by atoms with Gasteiger partial charge in [-0.25, -0.2) is 5.43 Å². The highest BCUT2D eigenvalue weighted by Crippen LogP contribution is 2.17. The lowest BCUT2D eigenvalue weighted by molar-refractivity contribution is -0.420. The van der Waals surface area contributed by atoms with Gasteiger partial charge in [-0.3, -0.25) is 10.6 Å². The highest BCUT2D eigenvalue weighted by molar-refractivity contribution is 7.80. The summed E-state index contributed by atoms with van der Waals surface area (Å²) in [5, 5.41) is 0.682. The average Bonchev–Trinajstić information content (AvgIpc) is 2.17. The summed E-state index contributed by atoms with van der Waals surface area (Å²) in [6, 6.07) is 0. The number of likely N-dealkylation sites (tertiary alicyclic amines) is 1. The quantitative estimate of drug-likeness (QED) is 0.437. The number of carbonyl (C=O) groups is 1. The molecule has 4 nitrogen and oxygen atoms in total. The van der Waals surface area contributed by atoms with Crippen LogP contribution in [0.1, 0.15) is 19.8 Å². The molecule has 0 aliphatic carbocycles. The molecule has 5 heteroatoms. The SMILES string of the molecule is CC(=O)C1CCN(C(=S)N[NH3+])CC1. The van der Waals surface area contributed by atoms with Gasteiger partial charge in [-0.05, 0) is 32.0 Å². The maximum atomic E-state index is 11.1. The zero-order chi connectivity index (χ0) is 9.84. The summed E-state index contributed by atoms with van der Waals surface area (Å²) in [5.74, 6) is 4.05. The van der Waals surface area contributed by atoms with E-state index < -0.39 is 0 Å². The minimum absolute atomic E-state index is 0.240. The first kappa shape index (κ1) is 10.4. The molecule has 4 N–H and O–H groups in total. The van der Waals surface area contributed by atoms with E-state index in [-0.39, 0.29) is 5.92 Å². The van der Waals surface area contributed by atoms with Gasteiger partial charge in [-0.2, -0.15) is 0 Å². The molecule has 0 saturated carbocycles. The van der Waals surface area contributed by atoms with Gasteiger partial charge in [0.2, 0.25) is 5.11 Å². The molecule has 0 aromatic heterocycles. The maximum Gasteiger partial charge on any atom is 0.215 e. The standard InChI is InChI=1S/C8H15N3OS/c1-6(12)7-2-4-11(5-3-7)8(13)10-9/h7H,2-5,9H2,1H3,(H,10,13)/p+1. The summed E-state index contributed by atoms with van der Waals surface area (Å²) in [6.45, 7) is 3.40. The Balaban J connectivity index is 2.39. The van der Waals surface area contributed by atoms with Crippen molar-refractivity contribution >= 4 is 23.1 Å². The molecule has 1 rings (SSSR count). The molecule has 0 atom stereocenters. The molecule has 1 aliphatic rings. The lowest BCUT2D eigenvalue weighted by Gasteiger charge is -2.31. The largest absolute Gasteiger partial charge is 0.345 e. The van der Waals surface area contributed by atoms with Gasteiger partial charge in [0.1, 0.15) is 5.78 Å². The molecule has 0 unspecified atom stereocenters. The van der Waals surface area contributed by atoms with Crippen LogP contribution in [0.3, 0.4) is 0 Å². The van der Waals surface area contributed by atoms with Crippen LogP contribution in [0.5, 0.6) is 0 Å². The smallest absolute Gasteiger partial charge is 0.215 e. The van der Waals surface area contributed by atoms with E-state index in [0.29, 0.717) is 10.9 Å². The first-order valence-electron chi connectivity index (χ1n) is 4.47. The number of carbonyl (C=O) groups excluding carboxylic acids is 1. The van der Waals surface area contributed by atoms with Crippen LogP contribution in [0.4, 0.5) is 0 Å². The number of piperidine rings is 1. The molecule has 1 fully saturated rings.